The molecule has 0 amide bonds. The molecule has 1 saturated heterocycles. The molecule has 16 heteroatoms. The monoisotopic (exact) mass is 514 g/mol. The fraction of sp³-hybridized carbons (Fsp3) is 0.429. The van der Waals surface area contributed by atoms with Gasteiger partial charge in [0.1, 0.15) is 23.6 Å². The molecular weight excluding hydrogens is 492 g/mol. The first kappa shape index (κ1) is 27.0. The van der Waals surface area contributed by atoms with Gasteiger partial charge in [0.2, 0.25) is 0 Å². The Balaban J connectivity index is 1.77. The highest BCUT2D eigenvalue weighted by Gasteiger charge is 2.48. The number of benzene rings is 2. The van der Waals surface area contributed by atoms with Gasteiger partial charge in [-0.2, -0.15) is 0 Å². The molecule has 16 nitrogen and oxygen atoms in total. The summed E-state index contributed by atoms with van der Waals surface area (Å²) in [5.41, 5.74) is 18.1. The first-order valence-electron chi connectivity index (χ1n) is 10.8. The Morgan fingerprint density at radius 1 is 0.838 bits per heavy atom. The molecule has 4 atom stereocenters. The molecule has 2 aromatic rings. The van der Waals surface area contributed by atoms with Crippen molar-refractivity contribution in [2.24, 2.45) is 10.2 Å². The molecule has 37 heavy (non-hydrogen) atoms. The average Bonchev–Trinajstić information content (AvgIpc) is 3.19. The molecule has 2 aromatic carbocycles. The largest absolute Gasteiger partial charge is 0.493 e. The number of non-ortho nitro benzene ring substituents is 2. The van der Waals surface area contributed by atoms with Gasteiger partial charge in [-0.3, -0.25) is 20.2 Å². The van der Waals surface area contributed by atoms with Gasteiger partial charge >= 0.3 is 0 Å². The molecule has 0 saturated carbocycles. The smallest absolute Gasteiger partial charge is 0.269 e. The first-order chi connectivity index (χ1) is 17.6. The molecule has 0 N–H and O–H groups in total. The second kappa shape index (κ2) is 11.9. The number of rotatable bonds is 12. The van der Waals surface area contributed by atoms with Crippen molar-refractivity contribution in [2.45, 2.75) is 43.9 Å². The van der Waals surface area contributed by atoms with E-state index in [0.29, 0.717) is 11.5 Å². The zero-order chi connectivity index (χ0) is 27.0. The van der Waals surface area contributed by atoms with Crippen LogP contribution in [0.4, 0.5) is 11.4 Å². The van der Waals surface area contributed by atoms with Crippen molar-refractivity contribution in [3.8, 4) is 11.5 Å². The molecule has 1 heterocycles. The Bertz CT molecular complexity index is 1120. The van der Waals surface area contributed by atoms with Gasteiger partial charge < -0.3 is 18.9 Å². The third-order valence-corrected chi connectivity index (χ3v) is 5.26. The number of nitrogens with zero attached hydrogens (tertiary/aromatic N) is 8. The maximum atomic E-state index is 10.8. The van der Waals surface area contributed by atoms with Crippen LogP contribution >= 0.6 is 0 Å². The van der Waals surface area contributed by atoms with Crippen LogP contribution in [0.5, 0.6) is 11.5 Å². The van der Waals surface area contributed by atoms with Gasteiger partial charge in [-0.1, -0.05) is 10.2 Å². The van der Waals surface area contributed by atoms with Crippen LogP contribution in [0.2, 0.25) is 0 Å². The standard InChI is InChI=1S/C21H22N8O8/c1-21(2)36-19(17(24-26-22)11-34-15-7-3-13(4-8-15)28(30)31)20(37-21)18(25-27-23)12-35-16-9-5-14(6-10-16)29(32)33/h3-10,17-20H,11-12H2,1-2H3/t17-,18-,19+,20+/m0/s1. The van der Waals surface area contributed by atoms with Crippen LogP contribution in [0, 0.1) is 20.2 Å². The fourth-order valence-corrected chi connectivity index (χ4v) is 3.62. The summed E-state index contributed by atoms with van der Waals surface area (Å²) >= 11 is 0. The molecule has 3 rings (SSSR count). The zero-order valence-electron chi connectivity index (χ0n) is 19.7. The highest BCUT2D eigenvalue weighted by Crippen LogP contribution is 2.34. The van der Waals surface area contributed by atoms with E-state index in [1.54, 1.807) is 13.8 Å². The molecule has 1 aliphatic heterocycles. The first-order valence-corrected chi connectivity index (χ1v) is 10.8. The van der Waals surface area contributed by atoms with Crippen LogP contribution in [0.25, 0.3) is 20.9 Å². The lowest BCUT2D eigenvalue weighted by Gasteiger charge is -2.26. The van der Waals surface area contributed by atoms with E-state index in [1.165, 1.54) is 48.5 Å². The lowest BCUT2D eigenvalue weighted by Crippen LogP contribution is -2.45. The van der Waals surface area contributed by atoms with Gasteiger partial charge in [0, 0.05) is 34.1 Å². The number of nitro groups is 2. The Morgan fingerprint density at radius 3 is 1.49 bits per heavy atom. The third-order valence-electron chi connectivity index (χ3n) is 5.26. The Hall–Kier alpha value is -4.62. The van der Waals surface area contributed by atoms with E-state index in [1.807, 2.05) is 0 Å². The second-order valence-electron chi connectivity index (χ2n) is 8.23. The molecule has 0 aromatic heterocycles. The van der Waals surface area contributed by atoms with Crippen LogP contribution < -0.4 is 9.47 Å². The Kier molecular flexibility index (Phi) is 8.66. The summed E-state index contributed by atoms with van der Waals surface area (Å²) in [6.45, 7) is 2.92. The van der Waals surface area contributed by atoms with Crippen LogP contribution in [0.15, 0.2) is 58.8 Å². The van der Waals surface area contributed by atoms with Gasteiger partial charge in [-0.15, -0.1) is 0 Å². The third kappa shape index (κ3) is 7.19. The molecular formula is C21H22N8O8. The number of ether oxygens (including phenoxy) is 4. The highest BCUT2D eigenvalue weighted by molar-refractivity contribution is 5.36. The number of hydrogen-bond acceptors (Lipinski definition) is 10. The zero-order valence-corrected chi connectivity index (χ0v) is 19.7. The van der Waals surface area contributed by atoms with E-state index in [-0.39, 0.29) is 24.6 Å². The minimum absolute atomic E-state index is 0.112. The van der Waals surface area contributed by atoms with Crippen molar-refractivity contribution in [3.05, 3.63) is 89.6 Å². The quantitative estimate of drug-likeness (QED) is 0.125. The van der Waals surface area contributed by atoms with Gasteiger partial charge in [0.15, 0.2) is 5.79 Å². The minimum Gasteiger partial charge on any atom is -0.493 e. The Labute approximate surface area is 209 Å². The average molecular weight is 514 g/mol. The van der Waals surface area contributed by atoms with Crippen LogP contribution in [-0.2, 0) is 9.47 Å². The topological polar surface area (TPSA) is 221 Å². The highest BCUT2D eigenvalue weighted by atomic mass is 16.8. The van der Waals surface area contributed by atoms with E-state index in [0.717, 1.165) is 0 Å². The molecule has 1 fully saturated rings. The van der Waals surface area contributed by atoms with E-state index in [2.05, 4.69) is 20.1 Å². The summed E-state index contributed by atoms with van der Waals surface area (Å²) in [5.74, 6) is -0.541. The van der Waals surface area contributed by atoms with Crippen molar-refractivity contribution < 1.29 is 28.8 Å². The normalized spacial score (nSPS) is 19.5. The van der Waals surface area contributed by atoms with Crippen molar-refractivity contribution in [2.75, 3.05) is 13.2 Å². The van der Waals surface area contributed by atoms with Crippen molar-refractivity contribution in [1.82, 2.24) is 0 Å². The molecule has 1 aliphatic rings. The van der Waals surface area contributed by atoms with Crippen molar-refractivity contribution in [1.29, 1.82) is 0 Å². The number of hydrogen-bond donors (Lipinski definition) is 0. The maximum Gasteiger partial charge on any atom is 0.269 e. The molecule has 194 valence electrons. The number of nitro benzene ring substituents is 2. The summed E-state index contributed by atoms with van der Waals surface area (Å²) in [4.78, 5) is 26.3. The summed E-state index contributed by atoms with van der Waals surface area (Å²) < 4.78 is 23.3. The van der Waals surface area contributed by atoms with Crippen molar-refractivity contribution >= 4 is 11.4 Å². The Morgan fingerprint density at radius 2 is 1.19 bits per heavy atom. The van der Waals surface area contributed by atoms with Gasteiger partial charge in [0.25, 0.3) is 11.4 Å². The summed E-state index contributed by atoms with van der Waals surface area (Å²) in [7, 11) is 0. The van der Waals surface area contributed by atoms with Crippen LogP contribution in [0.1, 0.15) is 13.8 Å². The second-order valence-corrected chi connectivity index (χ2v) is 8.23. The van der Waals surface area contributed by atoms with Crippen LogP contribution in [0.3, 0.4) is 0 Å². The summed E-state index contributed by atoms with van der Waals surface area (Å²) in [6.07, 6.45) is -1.83. The lowest BCUT2D eigenvalue weighted by molar-refractivity contribution is -0.385. The molecule has 0 bridgehead atoms. The van der Waals surface area contributed by atoms with Gasteiger partial charge in [-0.25, -0.2) is 0 Å². The van der Waals surface area contributed by atoms with E-state index in [9.17, 15) is 20.2 Å². The minimum atomic E-state index is -1.14. The molecule has 0 radical (unpaired) electrons. The van der Waals surface area contributed by atoms with Gasteiger partial charge in [-0.05, 0) is 49.2 Å². The van der Waals surface area contributed by atoms with Gasteiger partial charge in [0.05, 0.1) is 35.3 Å². The lowest BCUT2D eigenvalue weighted by atomic mass is 10.0. The van der Waals surface area contributed by atoms with Crippen molar-refractivity contribution in [3.63, 3.8) is 0 Å². The molecule has 0 unspecified atom stereocenters. The number of azide groups is 2. The molecule has 0 spiro atoms. The van der Waals surface area contributed by atoms with E-state index in [4.69, 9.17) is 30.0 Å². The van der Waals surface area contributed by atoms with E-state index >= 15 is 0 Å². The summed E-state index contributed by atoms with van der Waals surface area (Å²) in [6, 6.07) is 8.81. The maximum absolute atomic E-state index is 10.8. The summed E-state index contributed by atoms with van der Waals surface area (Å²) in [5, 5.41) is 29.2. The SMILES string of the molecule is CC1(C)O[C@H]([C@H](COc2ccc([N+](=O)[O-])cc2)N=[N+]=[N-])[C@@H]([C@H](COc2ccc([N+](=O)[O-])cc2)N=[N+]=[N-])O1. The predicted molar refractivity (Wildman–Crippen MR) is 127 cm³/mol. The fourth-order valence-electron chi connectivity index (χ4n) is 3.62. The predicted octanol–water partition coefficient (Wildman–Crippen LogP) is 4.84. The van der Waals surface area contributed by atoms with E-state index < -0.39 is 39.9 Å². The molecule has 0 aliphatic carbocycles. The van der Waals surface area contributed by atoms with Crippen LogP contribution in [-0.4, -0.2) is 53.1 Å².